The van der Waals surface area contributed by atoms with Gasteiger partial charge in [-0.05, 0) is 43.0 Å². The Balaban J connectivity index is 1.98. The second kappa shape index (κ2) is 6.59. The van der Waals surface area contributed by atoms with Crippen LogP contribution in [0.2, 0.25) is 5.02 Å². The first kappa shape index (κ1) is 15.8. The molecule has 4 nitrogen and oxygen atoms in total. The number of halogens is 1. The fourth-order valence-electron chi connectivity index (χ4n) is 2.85. The van der Waals surface area contributed by atoms with Gasteiger partial charge in [0, 0.05) is 37.4 Å². The Labute approximate surface area is 141 Å². The number of rotatable bonds is 2. The van der Waals surface area contributed by atoms with Gasteiger partial charge in [0.2, 0.25) is 0 Å². The molecule has 0 unspecified atom stereocenters. The first-order valence-electron chi connectivity index (χ1n) is 7.80. The van der Waals surface area contributed by atoms with Crippen LogP contribution in [0.15, 0.2) is 46.7 Å². The number of amides is 1. The van der Waals surface area contributed by atoms with Gasteiger partial charge in [0.15, 0.2) is 0 Å². The lowest BCUT2D eigenvalue weighted by atomic mass is 10.1. The van der Waals surface area contributed by atoms with Crippen molar-refractivity contribution < 1.29 is 4.79 Å². The van der Waals surface area contributed by atoms with Gasteiger partial charge in [-0.15, -0.1) is 0 Å². The molecule has 2 aliphatic rings. The van der Waals surface area contributed by atoms with Gasteiger partial charge in [0.1, 0.15) is 11.5 Å². The zero-order valence-electron chi connectivity index (χ0n) is 13.4. The molecule has 2 heterocycles. The predicted octanol–water partition coefficient (Wildman–Crippen LogP) is 3.55. The van der Waals surface area contributed by atoms with E-state index in [0.29, 0.717) is 10.7 Å². The molecule has 5 heteroatoms. The van der Waals surface area contributed by atoms with Gasteiger partial charge in [-0.1, -0.05) is 23.7 Å². The Morgan fingerprint density at radius 2 is 1.96 bits per heavy atom. The van der Waals surface area contributed by atoms with Crippen molar-refractivity contribution in [2.24, 2.45) is 4.99 Å². The minimum atomic E-state index is -0.0125. The minimum Gasteiger partial charge on any atom is -0.383 e. The van der Waals surface area contributed by atoms with E-state index in [4.69, 9.17) is 11.6 Å². The molecule has 0 saturated carbocycles. The summed E-state index contributed by atoms with van der Waals surface area (Å²) < 4.78 is 0. The zero-order chi connectivity index (χ0) is 16.4. The third-order valence-corrected chi connectivity index (χ3v) is 4.15. The highest BCUT2D eigenvalue weighted by atomic mass is 35.5. The molecule has 1 amide bonds. The van der Waals surface area contributed by atoms with Crippen LogP contribution in [0.3, 0.4) is 0 Å². The average Bonchev–Trinajstić information content (AvgIpc) is 2.68. The molecule has 0 N–H and O–H groups in total. The zero-order valence-corrected chi connectivity index (χ0v) is 14.2. The number of aliphatic imine (C=N–C) groups is 1. The van der Waals surface area contributed by atoms with Crippen LogP contribution in [0.1, 0.15) is 24.8 Å². The molecule has 0 bridgehead atoms. The second-order valence-electron chi connectivity index (χ2n) is 6.05. The Morgan fingerprint density at radius 3 is 2.65 bits per heavy atom. The highest BCUT2D eigenvalue weighted by molar-refractivity contribution is 6.30. The summed E-state index contributed by atoms with van der Waals surface area (Å²) in [4.78, 5) is 21.1. The maximum Gasteiger partial charge on any atom is 0.278 e. The van der Waals surface area contributed by atoms with Crippen LogP contribution in [0.5, 0.6) is 0 Å². The van der Waals surface area contributed by atoms with E-state index in [1.54, 1.807) is 0 Å². The van der Waals surface area contributed by atoms with Crippen molar-refractivity contribution in [2.45, 2.75) is 19.3 Å². The summed E-state index contributed by atoms with van der Waals surface area (Å²) in [6, 6.07) is 7.42. The number of carbonyl (C=O) groups is 1. The second-order valence-corrected chi connectivity index (χ2v) is 6.48. The molecule has 1 aromatic carbocycles. The molecule has 0 spiro atoms. The van der Waals surface area contributed by atoms with Gasteiger partial charge in [-0.3, -0.25) is 9.69 Å². The van der Waals surface area contributed by atoms with Crippen LogP contribution in [0, 0.1) is 0 Å². The van der Waals surface area contributed by atoms with Gasteiger partial charge < -0.3 is 4.90 Å². The van der Waals surface area contributed by atoms with E-state index in [1.165, 1.54) is 0 Å². The molecule has 3 rings (SSSR count). The van der Waals surface area contributed by atoms with Gasteiger partial charge in [0.05, 0.1) is 0 Å². The Hall–Kier alpha value is -2.07. The lowest BCUT2D eigenvalue weighted by molar-refractivity contribution is -0.122. The highest BCUT2D eigenvalue weighted by Gasteiger charge is 2.33. The molecule has 2 aliphatic heterocycles. The fourth-order valence-corrected chi connectivity index (χ4v) is 2.98. The normalized spacial score (nSPS) is 21.4. The molecule has 120 valence electrons. The molecule has 0 aliphatic carbocycles. The molecule has 1 aromatic rings. The maximum absolute atomic E-state index is 12.7. The fraction of sp³-hybridized carbons (Fsp3) is 0.333. The lowest BCUT2D eigenvalue weighted by Crippen LogP contribution is -2.32. The van der Waals surface area contributed by atoms with Crippen LogP contribution >= 0.6 is 11.6 Å². The largest absolute Gasteiger partial charge is 0.383 e. The van der Waals surface area contributed by atoms with Crippen molar-refractivity contribution in [1.82, 2.24) is 9.80 Å². The number of fused-ring (bicyclic) bond motifs is 1. The van der Waals surface area contributed by atoms with Crippen molar-refractivity contribution >= 4 is 29.4 Å². The Bertz CT molecular complexity index is 701. The van der Waals surface area contributed by atoms with E-state index in [0.717, 1.165) is 42.8 Å². The van der Waals surface area contributed by atoms with Crippen molar-refractivity contribution in [3.05, 3.63) is 52.3 Å². The van der Waals surface area contributed by atoms with Crippen LogP contribution < -0.4 is 0 Å². The van der Waals surface area contributed by atoms with Gasteiger partial charge in [0.25, 0.3) is 5.91 Å². The third kappa shape index (κ3) is 3.48. The van der Waals surface area contributed by atoms with E-state index >= 15 is 0 Å². The van der Waals surface area contributed by atoms with Gasteiger partial charge in [-0.2, -0.15) is 0 Å². The predicted molar refractivity (Wildman–Crippen MR) is 94.2 cm³/mol. The van der Waals surface area contributed by atoms with Crippen molar-refractivity contribution in [1.29, 1.82) is 0 Å². The smallest absolute Gasteiger partial charge is 0.278 e. The Kier molecular flexibility index (Phi) is 4.53. The van der Waals surface area contributed by atoms with Crippen molar-refractivity contribution in [2.75, 3.05) is 20.6 Å². The number of benzene rings is 1. The van der Waals surface area contributed by atoms with E-state index in [1.807, 2.05) is 54.2 Å². The summed E-state index contributed by atoms with van der Waals surface area (Å²) in [5.41, 5.74) is 2.55. The summed E-state index contributed by atoms with van der Waals surface area (Å²) >= 11 is 5.91. The summed E-state index contributed by atoms with van der Waals surface area (Å²) in [5, 5.41) is 0.682. The SMILES string of the molecule is CN(C)C=C1CCCCN2C(=O)/C(=C\c3ccc(Cl)cc3)N=C12. The molecule has 0 aromatic heterocycles. The monoisotopic (exact) mass is 329 g/mol. The van der Waals surface area contributed by atoms with Crippen LogP contribution in [-0.2, 0) is 4.79 Å². The summed E-state index contributed by atoms with van der Waals surface area (Å²) in [6.45, 7) is 0.737. The Morgan fingerprint density at radius 1 is 1.22 bits per heavy atom. The molecular formula is C18H20ClN3O. The number of hydrogen-bond acceptors (Lipinski definition) is 3. The topological polar surface area (TPSA) is 35.9 Å². The van der Waals surface area contributed by atoms with Crippen molar-refractivity contribution in [3.8, 4) is 0 Å². The van der Waals surface area contributed by atoms with E-state index in [2.05, 4.69) is 11.2 Å². The molecule has 23 heavy (non-hydrogen) atoms. The van der Waals surface area contributed by atoms with E-state index in [-0.39, 0.29) is 5.91 Å². The molecule has 1 saturated heterocycles. The summed E-state index contributed by atoms with van der Waals surface area (Å²) in [6.07, 6.45) is 6.93. The highest BCUT2D eigenvalue weighted by Crippen LogP contribution is 2.27. The number of carbonyl (C=O) groups excluding carboxylic acids is 1. The van der Waals surface area contributed by atoms with Gasteiger partial charge in [-0.25, -0.2) is 4.99 Å². The quantitative estimate of drug-likeness (QED) is 0.778. The summed E-state index contributed by atoms with van der Waals surface area (Å²) in [5.74, 6) is 0.794. The minimum absolute atomic E-state index is 0.0125. The van der Waals surface area contributed by atoms with Crippen LogP contribution in [0.25, 0.3) is 6.08 Å². The number of hydrogen-bond donors (Lipinski definition) is 0. The first-order valence-corrected chi connectivity index (χ1v) is 8.18. The third-order valence-electron chi connectivity index (χ3n) is 3.90. The van der Waals surface area contributed by atoms with E-state index < -0.39 is 0 Å². The number of amidine groups is 1. The summed E-state index contributed by atoms with van der Waals surface area (Å²) in [7, 11) is 3.98. The van der Waals surface area contributed by atoms with Crippen LogP contribution in [0.4, 0.5) is 0 Å². The van der Waals surface area contributed by atoms with Crippen LogP contribution in [-0.4, -0.2) is 42.2 Å². The van der Waals surface area contributed by atoms with E-state index in [9.17, 15) is 4.79 Å². The maximum atomic E-state index is 12.7. The molecule has 0 atom stereocenters. The average molecular weight is 330 g/mol. The standard InChI is InChI=1S/C18H20ClN3O/c1-21(2)12-14-5-3-4-10-22-17(14)20-16(18(22)23)11-13-6-8-15(19)9-7-13/h6-9,11-12H,3-5,10H2,1-2H3/b14-12?,16-11+. The first-order chi connectivity index (χ1) is 11.0. The number of nitrogens with zero attached hydrogens (tertiary/aromatic N) is 3. The van der Waals surface area contributed by atoms with Gasteiger partial charge >= 0.3 is 0 Å². The van der Waals surface area contributed by atoms with Crippen molar-refractivity contribution in [3.63, 3.8) is 0 Å². The molecular weight excluding hydrogens is 310 g/mol. The lowest BCUT2D eigenvalue weighted by Gasteiger charge is -2.17. The molecule has 1 fully saturated rings. The molecule has 0 radical (unpaired) electrons.